The van der Waals surface area contributed by atoms with E-state index in [2.05, 4.69) is 24.1 Å². The molecule has 0 atom stereocenters. The van der Waals surface area contributed by atoms with Crippen molar-refractivity contribution in [1.82, 2.24) is 4.98 Å². The van der Waals surface area contributed by atoms with Crippen LogP contribution in [0.15, 0.2) is 29.8 Å². The lowest BCUT2D eigenvalue weighted by Gasteiger charge is -2.26. The predicted molar refractivity (Wildman–Crippen MR) is 80.8 cm³/mol. The first-order chi connectivity index (χ1) is 9.04. The number of hydrogen-bond donors (Lipinski definition) is 2. The number of aromatic nitrogens is 1. The van der Waals surface area contributed by atoms with Gasteiger partial charge in [-0.15, -0.1) is 11.3 Å². The second kappa shape index (κ2) is 5.48. The van der Waals surface area contributed by atoms with Gasteiger partial charge < -0.3 is 15.8 Å². The first-order valence-corrected chi connectivity index (χ1v) is 7.12. The molecule has 3 N–H and O–H groups in total. The molecule has 19 heavy (non-hydrogen) atoms. The molecule has 102 valence electrons. The van der Waals surface area contributed by atoms with Gasteiger partial charge in [0.2, 0.25) is 0 Å². The highest BCUT2D eigenvalue weighted by molar-refractivity contribution is 7.09. The third-order valence-corrected chi connectivity index (χ3v) is 3.88. The molecule has 2 rings (SSSR count). The Kier molecular flexibility index (Phi) is 3.95. The maximum absolute atomic E-state index is 6.13. The number of nitrogens with zero attached hydrogens (tertiary/aromatic N) is 1. The van der Waals surface area contributed by atoms with Gasteiger partial charge in [-0.2, -0.15) is 0 Å². The van der Waals surface area contributed by atoms with Gasteiger partial charge >= 0.3 is 0 Å². The summed E-state index contributed by atoms with van der Waals surface area (Å²) in [4.78, 5) is 4.36. The number of thiazole rings is 1. The minimum absolute atomic E-state index is 0.271. The van der Waals surface area contributed by atoms with E-state index in [0.717, 1.165) is 10.7 Å². The first kappa shape index (κ1) is 13.7. The Hall–Kier alpha value is -1.75. The lowest BCUT2D eigenvalue weighted by Crippen LogP contribution is -2.28. The van der Waals surface area contributed by atoms with Crippen molar-refractivity contribution >= 4 is 22.7 Å². The maximum Gasteiger partial charge on any atom is 0.144 e. The molecule has 1 heterocycles. The van der Waals surface area contributed by atoms with Crippen LogP contribution in [0.1, 0.15) is 25.8 Å². The van der Waals surface area contributed by atoms with Crippen molar-refractivity contribution in [3.05, 3.63) is 34.8 Å². The number of ether oxygens (including phenoxy) is 1. The number of para-hydroxylation sites is 1. The van der Waals surface area contributed by atoms with Gasteiger partial charge in [0.05, 0.1) is 23.5 Å². The summed E-state index contributed by atoms with van der Waals surface area (Å²) in [5.41, 5.74) is 7.35. The number of anilines is 2. The molecule has 0 fully saturated rings. The zero-order valence-electron chi connectivity index (χ0n) is 11.4. The van der Waals surface area contributed by atoms with Gasteiger partial charge in [0.1, 0.15) is 10.8 Å². The highest BCUT2D eigenvalue weighted by Gasteiger charge is 2.24. The Morgan fingerprint density at radius 3 is 2.84 bits per heavy atom. The quantitative estimate of drug-likeness (QED) is 0.822. The van der Waals surface area contributed by atoms with Crippen LogP contribution in [0.3, 0.4) is 0 Å². The minimum Gasteiger partial charge on any atom is -0.492 e. The molecule has 0 amide bonds. The van der Waals surface area contributed by atoms with Crippen molar-refractivity contribution < 1.29 is 4.74 Å². The van der Waals surface area contributed by atoms with Gasteiger partial charge in [-0.1, -0.05) is 6.07 Å². The molecule has 0 saturated carbocycles. The Balaban J connectivity index is 2.26. The van der Waals surface area contributed by atoms with E-state index in [1.165, 1.54) is 0 Å². The van der Waals surface area contributed by atoms with Crippen molar-refractivity contribution in [2.24, 2.45) is 0 Å². The van der Waals surface area contributed by atoms with Crippen LogP contribution in [-0.2, 0) is 5.54 Å². The van der Waals surface area contributed by atoms with Crippen molar-refractivity contribution in [1.29, 1.82) is 0 Å². The summed E-state index contributed by atoms with van der Waals surface area (Å²) in [6.45, 7) is 6.71. The Morgan fingerprint density at radius 1 is 1.42 bits per heavy atom. The molecule has 5 heteroatoms. The normalized spacial score (nSPS) is 11.3. The zero-order valence-corrected chi connectivity index (χ0v) is 12.3. The average molecular weight is 277 g/mol. The standard InChI is InChI=1S/C14H19N3OS/c1-4-18-11-7-5-6-10(12(11)15)17-14(2,3)13-16-8-9-19-13/h5-9,17H,4,15H2,1-3H3. The monoisotopic (exact) mass is 277 g/mol. The molecule has 0 bridgehead atoms. The van der Waals surface area contributed by atoms with E-state index in [9.17, 15) is 0 Å². The van der Waals surface area contributed by atoms with Crippen molar-refractivity contribution in [3.8, 4) is 5.75 Å². The molecule has 0 saturated heterocycles. The van der Waals surface area contributed by atoms with Crippen LogP contribution in [-0.4, -0.2) is 11.6 Å². The first-order valence-electron chi connectivity index (χ1n) is 6.24. The third-order valence-electron chi connectivity index (χ3n) is 2.78. The lowest BCUT2D eigenvalue weighted by atomic mass is 10.1. The van der Waals surface area contributed by atoms with Gasteiger partial charge in [0.15, 0.2) is 0 Å². The Morgan fingerprint density at radius 2 is 2.21 bits per heavy atom. The number of hydrogen-bond acceptors (Lipinski definition) is 5. The number of rotatable bonds is 5. The molecule has 0 spiro atoms. The van der Waals surface area contributed by atoms with Crippen LogP contribution in [0.2, 0.25) is 0 Å². The van der Waals surface area contributed by atoms with Crippen LogP contribution in [0.4, 0.5) is 11.4 Å². The third kappa shape index (κ3) is 2.98. The van der Waals surface area contributed by atoms with E-state index >= 15 is 0 Å². The van der Waals surface area contributed by atoms with E-state index in [1.54, 1.807) is 11.3 Å². The lowest BCUT2D eigenvalue weighted by molar-refractivity contribution is 0.342. The maximum atomic E-state index is 6.13. The van der Waals surface area contributed by atoms with Crippen LogP contribution >= 0.6 is 11.3 Å². The predicted octanol–water partition coefficient (Wildman–Crippen LogP) is 3.47. The van der Waals surface area contributed by atoms with E-state index in [4.69, 9.17) is 10.5 Å². The van der Waals surface area contributed by atoms with E-state index in [1.807, 2.05) is 36.7 Å². The second-order valence-corrected chi connectivity index (χ2v) is 5.63. The largest absolute Gasteiger partial charge is 0.492 e. The summed E-state index contributed by atoms with van der Waals surface area (Å²) >= 11 is 1.62. The number of nitrogens with two attached hydrogens (primary N) is 1. The van der Waals surface area contributed by atoms with E-state index < -0.39 is 0 Å². The second-order valence-electron chi connectivity index (χ2n) is 4.74. The number of nitrogen functional groups attached to an aromatic ring is 1. The zero-order chi connectivity index (χ0) is 13.9. The molecule has 2 aromatic rings. The fourth-order valence-corrected chi connectivity index (χ4v) is 2.57. The van der Waals surface area contributed by atoms with Crippen molar-refractivity contribution in [3.63, 3.8) is 0 Å². The van der Waals surface area contributed by atoms with Crippen molar-refractivity contribution in [2.75, 3.05) is 17.7 Å². The Bertz CT molecular complexity index is 538. The van der Waals surface area contributed by atoms with Crippen LogP contribution in [0, 0.1) is 0 Å². The summed E-state index contributed by atoms with van der Waals surface area (Å²) in [7, 11) is 0. The van der Waals surface area contributed by atoms with Gasteiger partial charge in [0, 0.05) is 11.6 Å². The average Bonchev–Trinajstić information content (AvgIpc) is 2.89. The summed E-state index contributed by atoms with van der Waals surface area (Å²) in [6, 6.07) is 5.76. The molecule has 1 aromatic heterocycles. The summed E-state index contributed by atoms with van der Waals surface area (Å²) in [6.07, 6.45) is 1.81. The highest BCUT2D eigenvalue weighted by Crippen LogP contribution is 2.34. The van der Waals surface area contributed by atoms with Gasteiger partial charge in [0.25, 0.3) is 0 Å². The van der Waals surface area contributed by atoms with Crippen LogP contribution < -0.4 is 15.8 Å². The van der Waals surface area contributed by atoms with E-state index in [0.29, 0.717) is 18.0 Å². The number of nitrogens with one attached hydrogen (secondary N) is 1. The molecular weight excluding hydrogens is 258 g/mol. The molecular formula is C14H19N3OS. The summed E-state index contributed by atoms with van der Waals surface area (Å²) in [5.74, 6) is 0.711. The van der Waals surface area contributed by atoms with Gasteiger partial charge in [-0.05, 0) is 32.9 Å². The fourth-order valence-electron chi connectivity index (χ4n) is 1.86. The van der Waals surface area contributed by atoms with Gasteiger partial charge in [-0.3, -0.25) is 0 Å². The fraction of sp³-hybridized carbons (Fsp3) is 0.357. The Labute approximate surface area is 117 Å². The molecule has 0 aliphatic heterocycles. The highest BCUT2D eigenvalue weighted by atomic mass is 32.1. The molecule has 4 nitrogen and oxygen atoms in total. The molecule has 0 unspecified atom stereocenters. The molecule has 0 aliphatic rings. The van der Waals surface area contributed by atoms with Crippen LogP contribution in [0.5, 0.6) is 5.75 Å². The molecule has 0 aliphatic carbocycles. The summed E-state index contributed by atoms with van der Waals surface area (Å²) < 4.78 is 5.50. The molecule has 0 radical (unpaired) electrons. The van der Waals surface area contributed by atoms with E-state index in [-0.39, 0.29) is 5.54 Å². The van der Waals surface area contributed by atoms with Gasteiger partial charge in [-0.25, -0.2) is 4.98 Å². The van der Waals surface area contributed by atoms with Crippen LogP contribution in [0.25, 0.3) is 0 Å². The SMILES string of the molecule is CCOc1cccc(NC(C)(C)c2nccs2)c1N. The molecule has 1 aromatic carbocycles. The number of benzene rings is 1. The van der Waals surface area contributed by atoms with Crippen molar-refractivity contribution in [2.45, 2.75) is 26.3 Å². The minimum atomic E-state index is -0.271. The smallest absolute Gasteiger partial charge is 0.144 e. The summed E-state index contributed by atoms with van der Waals surface area (Å²) in [5, 5.41) is 6.42. The topological polar surface area (TPSA) is 60.2 Å².